The number of esters is 1. The number of amidine groups is 1. The number of ether oxygens (including phenoxy) is 1. The number of carbonyl (C=O) groups excluding carboxylic acids is 3. The van der Waals surface area contributed by atoms with Crippen molar-refractivity contribution in [3.8, 4) is 0 Å². The number of aliphatic imine (C=N–C) groups is 1. The number of amides is 3. The Balaban J connectivity index is 2.05. The molecule has 0 radical (unpaired) electrons. The lowest BCUT2D eigenvalue weighted by atomic mass is 10.2. The topological polar surface area (TPSA) is 143 Å². The minimum atomic E-state index is -3.72. The normalized spacial score (nSPS) is 18.0. The molecule has 27 heavy (non-hydrogen) atoms. The summed E-state index contributed by atoms with van der Waals surface area (Å²) in [5.74, 6) is -1.61. The number of nitrogens with one attached hydrogen (secondary N) is 3. The van der Waals surface area contributed by atoms with E-state index in [2.05, 4.69) is 15.0 Å². The summed E-state index contributed by atoms with van der Waals surface area (Å²) >= 11 is 0. The van der Waals surface area contributed by atoms with Crippen molar-refractivity contribution in [3.05, 3.63) is 29.8 Å². The molecule has 0 unspecified atom stereocenters. The van der Waals surface area contributed by atoms with Crippen LogP contribution in [0.25, 0.3) is 0 Å². The zero-order valence-electron chi connectivity index (χ0n) is 15.0. The van der Waals surface area contributed by atoms with Crippen molar-refractivity contribution >= 4 is 33.8 Å². The summed E-state index contributed by atoms with van der Waals surface area (Å²) in [6.45, 7) is 4.72. The van der Waals surface area contributed by atoms with Crippen LogP contribution in [0.5, 0.6) is 0 Å². The van der Waals surface area contributed by atoms with Crippen LogP contribution >= 0.6 is 0 Å². The molecule has 0 bridgehead atoms. The fourth-order valence-corrected chi connectivity index (χ4v) is 3.46. The number of fused-ring (bicyclic) bond motifs is 1. The highest BCUT2D eigenvalue weighted by atomic mass is 32.2. The molecular weight excluding hydrogens is 376 g/mol. The Hall–Kier alpha value is -2.95. The molecule has 3 N–H and O–H groups in total. The average Bonchev–Trinajstić information content (AvgIpc) is 2.85. The van der Waals surface area contributed by atoms with E-state index in [1.165, 1.54) is 19.9 Å². The van der Waals surface area contributed by atoms with Crippen LogP contribution in [0, 0.1) is 0 Å². The Morgan fingerprint density at radius 2 is 1.89 bits per heavy atom. The minimum absolute atomic E-state index is 0.0227. The molecule has 0 aromatic heterocycles. The van der Waals surface area contributed by atoms with Gasteiger partial charge in [0.2, 0.25) is 0 Å². The Kier molecular flexibility index (Phi) is 6.16. The van der Waals surface area contributed by atoms with Gasteiger partial charge in [-0.25, -0.2) is 18.0 Å². The molecule has 146 valence electrons. The quantitative estimate of drug-likeness (QED) is 0.593. The van der Waals surface area contributed by atoms with Gasteiger partial charge in [0.25, 0.3) is 15.9 Å². The predicted molar refractivity (Wildman–Crippen MR) is 95.5 cm³/mol. The van der Waals surface area contributed by atoms with E-state index >= 15 is 0 Å². The van der Waals surface area contributed by atoms with E-state index in [1.54, 1.807) is 25.1 Å². The first-order valence-corrected chi connectivity index (χ1v) is 9.63. The first-order chi connectivity index (χ1) is 12.7. The van der Waals surface area contributed by atoms with E-state index in [0.29, 0.717) is 12.1 Å². The number of carbonyl (C=O) groups is 3. The number of imide groups is 1. The molecular formula is C16H20N4O6S. The van der Waals surface area contributed by atoms with Gasteiger partial charge in [-0.2, -0.15) is 0 Å². The molecule has 0 fully saturated rings. The van der Waals surface area contributed by atoms with Gasteiger partial charge in [-0.3, -0.25) is 19.8 Å². The lowest BCUT2D eigenvalue weighted by Crippen LogP contribution is -2.45. The summed E-state index contributed by atoms with van der Waals surface area (Å²) in [7, 11) is -3.72. The highest BCUT2D eigenvalue weighted by Gasteiger charge is 2.31. The van der Waals surface area contributed by atoms with Crippen LogP contribution in [-0.4, -0.2) is 50.9 Å². The van der Waals surface area contributed by atoms with Gasteiger partial charge in [0.05, 0.1) is 4.90 Å². The lowest BCUT2D eigenvalue weighted by molar-refractivity contribution is -0.155. The largest absolute Gasteiger partial charge is 0.451 e. The summed E-state index contributed by atoms with van der Waals surface area (Å²) in [6.07, 6.45) is -1.23. The van der Waals surface area contributed by atoms with Crippen molar-refractivity contribution < 1.29 is 27.5 Å². The molecule has 0 aliphatic carbocycles. The molecule has 1 heterocycles. The van der Waals surface area contributed by atoms with Gasteiger partial charge in [0.1, 0.15) is 11.9 Å². The summed E-state index contributed by atoms with van der Waals surface area (Å²) in [5.41, 5.74) is 0.346. The molecule has 1 aromatic rings. The van der Waals surface area contributed by atoms with Crippen molar-refractivity contribution in [2.75, 3.05) is 6.54 Å². The number of hydrogen-bond donors (Lipinski definition) is 3. The van der Waals surface area contributed by atoms with E-state index in [9.17, 15) is 22.8 Å². The van der Waals surface area contributed by atoms with Crippen LogP contribution in [-0.2, 0) is 24.3 Å². The summed E-state index contributed by atoms with van der Waals surface area (Å²) in [4.78, 5) is 39.4. The first-order valence-electron chi connectivity index (χ1n) is 8.15. The summed E-state index contributed by atoms with van der Waals surface area (Å²) in [6, 6.07) is 4.44. The number of sulfonamides is 1. The van der Waals surface area contributed by atoms with Crippen LogP contribution in [0.15, 0.2) is 34.2 Å². The molecule has 10 nitrogen and oxygen atoms in total. The zero-order chi connectivity index (χ0) is 20.2. The van der Waals surface area contributed by atoms with Crippen molar-refractivity contribution in [1.82, 2.24) is 15.4 Å². The third kappa shape index (κ3) is 4.82. The molecule has 0 spiro atoms. The van der Waals surface area contributed by atoms with Crippen molar-refractivity contribution in [2.24, 2.45) is 4.99 Å². The second kappa shape index (κ2) is 8.16. The SMILES string of the molecule is CCNC(=O)NC(=O)[C@H](C)OC(=O)[C@H](C)N=C1NS(=O)(=O)c2ccccc21. The molecule has 0 saturated heterocycles. The van der Waals surface area contributed by atoms with E-state index in [4.69, 9.17) is 4.74 Å². The molecule has 0 saturated carbocycles. The molecule has 11 heteroatoms. The van der Waals surface area contributed by atoms with Gasteiger partial charge < -0.3 is 10.1 Å². The van der Waals surface area contributed by atoms with Gasteiger partial charge >= 0.3 is 12.0 Å². The average molecular weight is 396 g/mol. The van der Waals surface area contributed by atoms with E-state index < -0.39 is 40.1 Å². The number of benzene rings is 1. The lowest BCUT2D eigenvalue weighted by Gasteiger charge is -2.15. The monoisotopic (exact) mass is 396 g/mol. The van der Waals surface area contributed by atoms with Crippen LogP contribution in [0.2, 0.25) is 0 Å². The predicted octanol–water partition coefficient (Wildman–Crippen LogP) is -0.109. The van der Waals surface area contributed by atoms with E-state index in [0.717, 1.165) is 0 Å². The third-order valence-electron chi connectivity index (χ3n) is 3.56. The fourth-order valence-electron chi connectivity index (χ4n) is 2.22. The maximum Gasteiger partial charge on any atom is 0.331 e. The number of hydrogen-bond acceptors (Lipinski definition) is 7. The summed E-state index contributed by atoms with van der Waals surface area (Å²) in [5, 5.41) is 4.40. The van der Waals surface area contributed by atoms with Gasteiger partial charge in [0, 0.05) is 12.1 Å². The molecule has 1 aromatic carbocycles. The van der Waals surface area contributed by atoms with Crippen LogP contribution in [0.4, 0.5) is 4.79 Å². The third-order valence-corrected chi connectivity index (χ3v) is 4.96. The van der Waals surface area contributed by atoms with Crippen molar-refractivity contribution in [2.45, 2.75) is 37.8 Å². The number of nitrogens with zero attached hydrogens (tertiary/aromatic N) is 1. The Morgan fingerprint density at radius 3 is 2.56 bits per heavy atom. The minimum Gasteiger partial charge on any atom is -0.451 e. The smallest absolute Gasteiger partial charge is 0.331 e. The second-order valence-corrected chi connectivity index (χ2v) is 7.33. The Labute approximate surface area is 156 Å². The fraction of sp³-hybridized carbons (Fsp3) is 0.375. The summed E-state index contributed by atoms with van der Waals surface area (Å²) < 4.78 is 31.3. The highest BCUT2D eigenvalue weighted by molar-refractivity contribution is 7.90. The van der Waals surface area contributed by atoms with Crippen LogP contribution in [0.3, 0.4) is 0 Å². The Bertz CT molecular complexity index is 896. The molecule has 1 aliphatic rings. The van der Waals surface area contributed by atoms with E-state index in [1.807, 2.05) is 5.32 Å². The highest BCUT2D eigenvalue weighted by Crippen LogP contribution is 2.22. The van der Waals surface area contributed by atoms with Gasteiger partial charge in [-0.05, 0) is 32.9 Å². The van der Waals surface area contributed by atoms with Gasteiger partial charge in [-0.1, -0.05) is 12.1 Å². The standard InChI is InChI=1S/C16H20N4O6S/c1-4-17-16(23)19-14(21)10(3)26-15(22)9(2)18-13-11-7-5-6-8-12(11)27(24,25)20-13/h5-10H,4H2,1-3H3,(H,18,20)(H2,17,19,21,23)/t9-,10-/m0/s1. The first kappa shape index (κ1) is 20.4. The van der Waals surface area contributed by atoms with Crippen molar-refractivity contribution in [1.29, 1.82) is 0 Å². The number of rotatable bonds is 5. The Morgan fingerprint density at radius 1 is 1.22 bits per heavy atom. The zero-order valence-corrected chi connectivity index (χ0v) is 15.8. The van der Waals surface area contributed by atoms with Gasteiger partial charge in [-0.15, -0.1) is 0 Å². The van der Waals surface area contributed by atoms with E-state index in [-0.39, 0.29) is 10.7 Å². The maximum atomic E-state index is 12.1. The molecule has 2 rings (SSSR count). The second-order valence-electron chi connectivity index (χ2n) is 5.68. The van der Waals surface area contributed by atoms with Crippen LogP contribution < -0.4 is 15.4 Å². The maximum absolute atomic E-state index is 12.1. The van der Waals surface area contributed by atoms with Crippen LogP contribution in [0.1, 0.15) is 26.3 Å². The molecule has 1 aliphatic heterocycles. The molecule has 2 atom stereocenters. The van der Waals surface area contributed by atoms with Gasteiger partial charge in [0.15, 0.2) is 6.10 Å². The number of urea groups is 1. The molecule has 3 amide bonds. The van der Waals surface area contributed by atoms with Crippen molar-refractivity contribution in [3.63, 3.8) is 0 Å².